The second-order valence-corrected chi connectivity index (χ2v) is 5.84. The van der Waals surface area contributed by atoms with Crippen LogP contribution in [-0.4, -0.2) is 37.3 Å². The van der Waals surface area contributed by atoms with Gasteiger partial charge in [-0.1, -0.05) is 6.92 Å². The van der Waals surface area contributed by atoms with Crippen LogP contribution in [0.4, 0.5) is 11.6 Å². The van der Waals surface area contributed by atoms with Crippen molar-refractivity contribution < 1.29 is 9.47 Å². The second-order valence-electron chi connectivity index (χ2n) is 5.84. The Labute approximate surface area is 142 Å². The first-order valence-electron chi connectivity index (χ1n) is 8.29. The van der Waals surface area contributed by atoms with E-state index in [0.29, 0.717) is 0 Å². The Morgan fingerprint density at radius 2 is 1.83 bits per heavy atom. The molecule has 0 saturated heterocycles. The van der Waals surface area contributed by atoms with E-state index in [0.717, 1.165) is 55.6 Å². The van der Waals surface area contributed by atoms with Crippen LogP contribution in [0.25, 0.3) is 0 Å². The van der Waals surface area contributed by atoms with E-state index in [2.05, 4.69) is 39.2 Å². The van der Waals surface area contributed by atoms with Gasteiger partial charge in [-0.3, -0.25) is 0 Å². The summed E-state index contributed by atoms with van der Waals surface area (Å²) in [6, 6.07) is 6.17. The third-order valence-corrected chi connectivity index (χ3v) is 4.25. The van der Waals surface area contributed by atoms with Gasteiger partial charge in [-0.05, 0) is 36.1 Å². The molecule has 3 rings (SSSR count). The Morgan fingerprint density at radius 1 is 1.08 bits per heavy atom. The molecule has 0 fully saturated rings. The molecular formula is C18H24N4O2. The van der Waals surface area contributed by atoms with Crippen molar-refractivity contribution in [2.24, 2.45) is 0 Å². The zero-order chi connectivity index (χ0) is 16.9. The summed E-state index contributed by atoms with van der Waals surface area (Å²) in [4.78, 5) is 11.0. The zero-order valence-corrected chi connectivity index (χ0v) is 14.5. The van der Waals surface area contributed by atoms with Crippen LogP contribution in [0.3, 0.4) is 0 Å². The summed E-state index contributed by atoms with van der Waals surface area (Å²) in [5.41, 5.74) is 2.56. The van der Waals surface area contributed by atoms with E-state index < -0.39 is 0 Å². The summed E-state index contributed by atoms with van der Waals surface area (Å²) in [6.07, 6.45) is 3.65. The smallest absolute Gasteiger partial charge is 0.161 e. The van der Waals surface area contributed by atoms with Crippen LogP contribution in [0.15, 0.2) is 24.5 Å². The maximum absolute atomic E-state index is 5.43. The molecule has 0 atom stereocenters. The maximum Gasteiger partial charge on any atom is 0.161 e. The van der Waals surface area contributed by atoms with Crippen LogP contribution >= 0.6 is 0 Å². The molecule has 0 amide bonds. The SMILES string of the molecule is CCCNc1cc(N2CCc3cc(OC)c(OC)cc3C2)ncn1. The average molecular weight is 328 g/mol. The molecule has 1 N–H and O–H groups in total. The summed E-state index contributed by atoms with van der Waals surface area (Å²) in [6.45, 7) is 4.78. The summed E-state index contributed by atoms with van der Waals surface area (Å²) < 4.78 is 10.8. The molecule has 1 aliphatic heterocycles. The first-order chi connectivity index (χ1) is 11.7. The van der Waals surface area contributed by atoms with Gasteiger partial charge in [0.2, 0.25) is 0 Å². The van der Waals surface area contributed by atoms with E-state index in [1.165, 1.54) is 11.1 Å². The van der Waals surface area contributed by atoms with E-state index in [9.17, 15) is 0 Å². The van der Waals surface area contributed by atoms with E-state index in [1.54, 1.807) is 20.5 Å². The van der Waals surface area contributed by atoms with Gasteiger partial charge < -0.3 is 19.7 Å². The monoisotopic (exact) mass is 328 g/mol. The number of benzene rings is 1. The van der Waals surface area contributed by atoms with Crippen molar-refractivity contribution in [1.82, 2.24) is 9.97 Å². The molecular weight excluding hydrogens is 304 g/mol. The molecule has 1 aromatic heterocycles. The molecule has 128 valence electrons. The number of hydrogen-bond acceptors (Lipinski definition) is 6. The van der Waals surface area contributed by atoms with Crippen molar-refractivity contribution in [3.63, 3.8) is 0 Å². The predicted octanol–water partition coefficient (Wildman–Crippen LogP) is 2.88. The number of nitrogens with one attached hydrogen (secondary N) is 1. The van der Waals surface area contributed by atoms with Gasteiger partial charge in [0.1, 0.15) is 18.0 Å². The average Bonchev–Trinajstić information content (AvgIpc) is 2.64. The van der Waals surface area contributed by atoms with Crippen molar-refractivity contribution in [2.75, 3.05) is 37.5 Å². The number of nitrogens with zero attached hydrogens (tertiary/aromatic N) is 3. The summed E-state index contributed by atoms with van der Waals surface area (Å²) in [5, 5.41) is 3.31. The Kier molecular flexibility index (Phi) is 5.03. The van der Waals surface area contributed by atoms with Crippen molar-refractivity contribution in [1.29, 1.82) is 0 Å². The van der Waals surface area contributed by atoms with Crippen molar-refractivity contribution in [3.05, 3.63) is 35.7 Å². The van der Waals surface area contributed by atoms with Gasteiger partial charge in [0.25, 0.3) is 0 Å². The van der Waals surface area contributed by atoms with E-state index in [4.69, 9.17) is 9.47 Å². The number of methoxy groups -OCH3 is 2. The van der Waals surface area contributed by atoms with Crippen LogP contribution in [0.5, 0.6) is 11.5 Å². The van der Waals surface area contributed by atoms with Gasteiger partial charge in [0, 0.05) is 25.7 Å². The van der Waals surface area contributed by atoms with Crippen LogP contribution in [-0.2, 0) is 13.0 Å². The number of aromatic nitrogens is 2. The van der Waals surface area contributed by atoms with E-state index >= 15 is 0 Å². The molecule has 0 saturated carbocycles. The molecule has 6 heteroatoms. The summed E-state index contributed by atoms with van der Waals surface area (Å²) >= 11 is 0. The largest absolute Gasteiger partial charge is 0.493 e. The second kappa shape index (κ2) is 7.38. The summed E-state index contributed by atoms with van der Waals surface area (Å²) in [7, 11) is 3.34. The molecule has 0 unspecified atom stereocenters. The highest BCUT2D eigenvalue weighted by atomic mass is 16.5. The minimum atomic E-state index is 0.770. The molecule has 6 nitrogen and oxygen atoms in total. The third kappa shape index (κ3) is 3.37. The molecule has 0 radical (unpaired) electrons. The standard InChI is InChI=1S/C18H24N4O2/c1-4-6-19-17-10-18(21-12-20-17)22-7-5-13-8-15(23-2)16(24-3)9-14(13)11-22/h8-10,12H,4-7,11H2,1-3H3,(H,19,20,21). The Hall–Kier alpha value is -2.50. The number of rotatable bonds is 6. The van der Waals surface area contributed by atoms with E-state index in [-0.39, 0.29) is 0 Å². The van der Waals surface area contributed by atoms with Gasteiger partial charge in [-0.25, -0.2) is 9.97 Å². The Bertz CT molecular complexity index is 705. The molecule has 24 heavy (non-hydrogen) atoms. The van der Waals surface area contributed by atoms with Gasteiger partial charge >= 0.3 is 0 Å². The first kappa shape index (κ1) is 16.4. The molecule has 0 spiro atoms. The highest BCUT2D eigenvalue weighted by Gasteiger charge is 2.20. The highest BCUT2D eigenvalue weighted by molar-refractivity contribution is 5.54. The first-order valence-corrected chi connectivity index (χ1v) is 8.29. The number of hydrogen-bond donors (Lipinski definition) is 1. The van der Waals surface area contributed by atoms with Gasteiger partial charge in [0.15, 0.2) is 11.5 Å². The lowest BCUT2D eigenvalue weighted by atomic mass is 9.99. The lowest BCUT2D eigenvalue weighted by Gasteiger charge is -2.30. The molecule has 0 bridgehead atoms. The van der Waals surface area contributed by atoms with Crippen LogP contribution in [0.1, 0.15) is 24.5 Å². The van der Waals surface area contributed by atoms with Gasteiger partial charge in [-0.15, -0.1) is 0 Å². The Morgan fingerprint density at radius 3 is 2.54 bits per heavy atom. The predicted molar refractivity (Wildman–Crippen MR) is 95.1 cm³/mol. The molecule has 2 aromatic rings. The van der Waals surface area contributed by atoms with Crippen molar-refractivity contribution >= 4 is 11.6 Å². The van der Waals surface area contributed by atoms with Crippen molar-refractivity contribution in [2.45, 2.75) is 26.3 Å². The fraction of sp³-hybridized carbons (Fsp3) is 0.444. The Balaban J connectivity index is 1.82. The van der Waals surface area contributed by atoms with E-state index in [1.807, 2.05) is 6.07 Å². The number of ether oxygens (including phenoxy) is 2. The topological polar surface area (TPSA) is 59.5 Å². The fourth-order valence-electron chi connectivity index (χ4n) is 2.95. The maximum atomic E-state index is 5.43. The lowest BCUT2D eigenvalue weighted by molar-refractivity contribution is 0.353. The van der Waals surface area contributed by atoms with Crippen LogP contribution in [0.2, 0.25) is 0 Å². The number of anilines is 2. The molecule has 1 aromatic carbocycles. The minimum absolute atomic E-state index is 0.770. The quantitative estimate of drug-likeness (QED) is 0.880. The van der Waals surface area contributed by atoms with Crippen molar-refractivity contribution in [3.8, 4) is 11.5 Å². The van der Waals surface area contributed by atoms with Crippen LogP contribution < -0.4 is 19.7 Å². The van der Waals surface area contributed by atoms with Gasteiger partial charge in [-0.2, -0.15) is 0 Å². The highest BCUT2D eigenvalue weighted by Crippen LogP contribution is 2.34. The zero-order valence-electron chi connectivity index (χ0n) is 14.5. The number of fused-ring (bicyclic) bond motifs is 1. The minimum Gasteiger partial charge on any atom is -0.493 e. The third-order valence-electron chi connectivity index (χ3n) is 4.25. The normalized spacial score (nSPS) is 13.4. The fourth-order valence-corrected chi connectivity index (χ4v) is 2.95. The summed E-state index contributed by atoms with van der Waals surface area (Å²) in [5.74, 6) is 3.38. The molecule has 1 aliphatic rings. The molecule has 2 heterocycles. The van der Waals surface area contributed by atoms with Gasteiger partial charge in [0.05, 0.1) is 14.2 Å². The van der Waals surface area contributed by atoms with Crippen LogP contribution in [0, 0.1) is 0 Å². The molecule has 0 aliphatic carbocycles. The lowest BCUT2D eigenvalue weighted by Crippen LogP contribution is -2.31.